The Labute approximate surface area is 167 Å². The molecule has 29 heavy (non-hydrogen) atoms. The fourth-order valence-electron chi connectivity index (χ4n) is 4.01. The molecule has 5 rings (SSSR count). The molecule has 2 heterocycles. The second kappa shape index (κ2) is 6.67. The molecule has 0 saturated carbocycles. The van der Waals surface area contributed by atoms with Gasteiger partial charge in [-0.3, -0.25) is 0 Å². The number of nitrogens with two attached hydrogens (primary N) is 1. The molecule has 8 heteroatoms. The monoisotopic (exact) mass is 416 g/mol. The summed E-state index contributed by atoms with van der Waals surface area (Å²) >= 11 is 1.40. The van der Waals surface area contributed by atoms with Crippen LogP contribution >= 0.6 is 11.3 Å². The summed E-state index contributed by atoms with van der Waals surface area (Å²) < 4.78 is 46.9. The Kier molecular flexibility index (Phi) is 4.22. The van der Waals surface area contributed by atoms with Crippen LogP contribution in [0.3, 0.4) is 0 Å². The Hall–Kier alpha value is -2.71. The third-order valence-corrected chi connectivity index (χ3v) is 6.68. The molecule has 1 aromatic heterocycles. The largest absolute Gasteiger partial charge is 0.457 e. The van der Waals surface area contributed by atoms with E-state index in [1.54, 1.807) is 0 Å². The van der Waals surface area contributed by atoms with E-state index >= 15 is 0 Å². The number of hydrogen-bond donors (Lipinski definition) is 1. The Balaban J connectivity index is 1.49. The summed E-state index contributed by atoms with van der Waals surface area (Å²) in [5.74, 6) is -3.90. The van der Waals surface area contributed by atoms with Crippen LogP contribution in [0.4, 0.5) is 13.2 Å². The molecule has 0 spiro atoms. The second-order valence-electron chi connectivity index (χ2n) is 7.27. The van der Waals surface area contributed by atoms with Gasteiger partial charge in [-0.15, -0.1) is 11.3 Å². The van der Waals surface area contributed by atoms with E-state index in [1.165, 1.54) is 11.3 Å². The van der Waals surface area contributed by atoms with Crippen molar-refractivity contribution in [2.75, 3.05) is 0 Å². The normalized spacial score (nSPS) is 21.2. The van der Waals surface area contributed by atoms with Crippen LogP contribution in [0.25, 0.3) is 15.8 Å². The number of hydrogen-bond acceptors (Lipinski definition) is 5. The summed E-state index contributed by atoms with van der Waals surface area (Å²) in [7, 11) is 0. The molecule has 0 unspecified atom stereocenters. The van der Waals surface area contributed by atoms with Gasteiger partial charge in [-0.2, -0.15) is 0 Å². The maximum Gasteiger partial charge on any atom is 0.340 e. The molecular formula is C21H15F3N2O2S. The molecular weight excluding hydrogens is 401 g/mol. The van der Waals surface area contributed by atoms with Crippen molar-refractivity contribution >= 4 is 33.1 Å². The van der Waals surface area contributed by atoms with Crippen molar-refractivity contribution in [1.82, 2.24) is 4.98 Å². The number of nitrogens with zero attached hydrogens (tertiary/aromatic N) is 1. The Morgan fingerprint density at radius 2 is 1.93 bits per heavy atom. The highest BCUT2D eigenvalue weighted by Crippen LogP contribution is 2.40. The van der Waals surface area contributed by atoms with Crippen molar-refractivity contribution in [1.29, 1.82) is 0 Å². The van der Waals surface area contributed by atoms with Crippen LogP contribution in [-0.2, 0) is 11.3 Å². The standard InChI is InChI=1S/C21H15F3N2O2S/c22-13-7-15(24)14(23)6-12(13)11-3-1-9(5-16(11)25)20-26-17-4-2-10-8-28-21(27)18(10)19(17)29-20/h1-2,4,6-7,11,16H,3,5,8,25H2/t11-,16+/m1/s1. The molecule has 0 radical (unpaired) electrons. The Morgan fingerprint density at radius 1 is 1.14 bits per heavy atom. The number of aromatic nitrogens is 1. The minimum Gasteiger partial charge on any atom is -0.457 e. The molecule has 2 N–H and O–H groups in total. The molecule has 4 nitrogen and oxygen atoms in total. The highest BCUT2D eigenvalue weighted by Gasteiger charge is 2.30. The predicted molar refractivity (Wildman–Crippen MR) is 103 cm³/mol. The first-order valence-corrected chi connectivity index (χ1v) is 9.93. The van der Waals surface area contributed by atoms with E-state index in [1.807, 2.05) is 18.2 Å². The topological polar surface area (TPSA) is 65.2 Å². The number of fused-ring (bicyclic) bond motifs is 3. The first kappa shape index (κ1) is 18.3. The summed E-state index contributed by atoms with van der Waals surface area (Å²) in [5.41, 5.74) is 9.39. The fraction of sp³-hybridized carbons (Fsp3) is 0.238. The van der Waals surface area contributed by atoms with Crippen LogP contribution in [0.15, 0.2) is 30.3 Å². The zero-order valence-electron chi connectivity index (χ0n) is 15.0. The smallest absolute Gasteiger partial charge is 0.340 e. The number of benzene rings is 2. The number of carbonyl (C=O) groups excluding carboxylic acids is 1. The summed E-state index contributed by atoms with van der Waals surface area (Å²) in [4.78, 5) is 16.7. The average Bonchev–Trinajstić information content (AvgIpc) is 3.28. The van der Waals surface area contributed by atoms with Gasteiger partial charge in [0.1, 0.15) is 17.4 Å². The number of carbonyl (C=O) groups is 1. The lowest BCUT2D eigenvalue weighted by atomic mass is 9.81. The molecule has 0 saturated heterocycles. The van der Waals surface area contributed by atoms with Gasteiger partial charge in [0.25, 0.3) is 0 Å². The molecule has 0 fully saturated rings. The molecule has 2 aliphatic rings. The van der Waals surface area contributed by atoms with E-state index < -0.39 is 29.4 Å². The molecule has 2 aromatic carbocycles. The lowest BCUT2D eigenvalue weighted by Crippen LogP contribution is -2.31. The molecule has 0 bridgehead atoms. The fourth-order valence-corrected chi connectivity index (χ4v) is 5.18. The molecule has 2 atom stereocenters. The van der Waals surface area contributed by atoms with E-state index in [0.717, 1.165) is 26.9 Å². The van der Waals surface area contributed by atoms with Gasteiger partial charge >= 0.3 is 5.97 Å². The van der Waals surface area contributed by atoms with Crippen LogP contribution < -0.4 is 5.73 Å². The van der Waals surface area contributed by atoms with Gasteiger partial charge in [0.05, 0.1) is 15.8 Å². The second-order valence-corrected chi connectivity index (χ2v) is 8.27. The predicted octanol–water partition coefficient (Wildman–Crippen LogP) is 4.67. The van der Waals surface area contributed by atoms with Gasteiger partial charge in [-0.25, -0.2) is 22.9 Å². The zero-order valence-corrected chi connectivity index (χ0v) is 15.9. The highest BCUT2D eigenvalue weighted by molar-refractivity contribution is 7.20. The van der Waals surface area contributed by atoms with Gasteiger partial charge in [0.15, 0.2) is 11.6 Å². The molecule has 148 valence electrons. The Bertz CT molecular complexity index is 1200. The van der Waals surface area contributed by atoms with E-state index in [9.17, 15) is 18.0 Å². The van der Waals surface area contributed by atoms with Crippen LogP contribution in [0.5, 0.6) is 0 Å². The summed E-state index contributed by atoms with van der Waals surface area (Å²) in [5, 5.41) is 0.743. The van der Waals surface area contributed by atoms with Gasteiger partial charge in [-0.05, 0) is 36.1 Å². The number of rotatable bonds is 2. The minimum absolute atomic E-state index is 0.0802. The van der Waals surface area contributed by atoms with Crippen molar-refractivity contribution in [3.63, 3.8) is 0 Å². The number of allylic oxidation sites excluding steroid dienone is 1. The van der Waals surface area contributed by atoms with E-state index in [0.29, 0.717) is 30.0 Å². The van der Waals surface area contributed by atoms with E-state index in [2.05, 4.69) is 4.98 Å². The number of cyclic esters (lactones) is 1. The summed E-state index contributed by atoms with van der Waals surface area (Å²) in [6.45, 7) is 0.270. The SMILES string of the molecule is N[C@H]1CC(c2nc3ccc4c(c3s2)C(=O)OC4)=CC[C@@H]1c1cc(F)c(F)cc1F. The molecule has 1 aliphatic carbocycles. The lowest BCUT2D eigenvalue weighted by molar-refractivity contribution is 0.0536. The number of esters is 1. The van der Waals surface area contributed by atoms with Crippen molar-refractivity contribution in [3.05, 3.63) is 69.5 Å². The van der Waals surface area contributed by atoms with Gasteiger partial charge in [0, 0.05) is 23.6 Å². The molecule has 3 aromatic rings. The molecule has 0 amide bonds. The van der Waals surface area contributed by atoms with Gasteiger partial charge in [0.2, 0.25) is 0 Å². The maximum atomic E-state index is 14.2. The third kappa shape index (κ3) is 2.94. The quantitative estimate of drug-likeness (QED) is 0.487. The molecule has 1 aliphatic heterocycles. The first-order valence-electron chi connectivity index (χ1n) is 9.11. The summed E-state index contributed by atoms with van der Waals surface area (Å²) in [6.07, 6.45) is 2.70. The van der Waals surface area contributed by atoms with Gasteiger partial charge < -0.3 is 10.5 Å². The first-order chi connectivity index (χ1) is 13.9. The highest BCUT2D eigenvalue weighted by atomic mass is 32.1. The number of ether oxygens (including phenoxy) is 1. The average molecular weight is 416 g/mol. The van der Waals surface area contributed by atoms with Crippen LogP contribution in [0, 0.1) is 17.5 Å². The van der Waals surface area contributed by atoms with Crippen molar-refractivity contribution in [2.24, 2.45) is 5.73 Å². The van der Waals surface area contributed by atoms with E-state index in [-0.39, 0.29) is 18.1 Å². The lowest BCUT2D eigenvalue weighted by Gasteiger charge is -2.28. The minimum atomic E-state index is -1.22. The van der Waals surface area contributed by atoms with Gasteiger partial charge in [-0.1, -0.05) is 12.1 Å². The number of halogens is 3. The van der Waals surface area contributed by atoms with Crippen LogP contribution in [0.1, 0.15) is 45.3 Å². The van der Waals surface area contributed by atoms with Crippen molar-refractivity contribution in [3.8, 4) is 0 Å². The number of thiazole rings is 1. The Morgan fingerprint density at radius 3 is 2.72 bits per heavy atom. The third-order valence-electron chi connectivity index (χ3n) is 5.51. The zero-order chi connectivity index (χ0) is 20.3. The maximum absolute atomic E-state index is 14.2. The van der Waals surface area contributed by atoms with Crippen molar-refractivity contribution in [2.45, 2.75) is 31.4 Å². The van der Waals surface area contributed by atoms with Crippen LogP contribution in [0.2, 0.25) is 0 Å². The van der Waals surface area contributed by atoms with Crippen molar-refractivity contribution < 1.29 is 22.7 Å². The van der Waals surface area contributed by atoms with E-state index in [4.69, 9.17) is 10.5 Å². The van der Waals surface area contributed by atoms with Crippen LogP contribution in [-0.4, -0.2) is 17.0 Å². The summed E-state index contributed by atoms with van der Waals surface area (Å²) in [6, 6.07) is 4.68.